The number of hydrogen-bond acceptors (Lipinski definition) is 4. The lowest BCUT2D eigenvalue weighted by atomic mass is 10.1. The number of nitrogens with zero attached hydrogens (tertiary/aromatic N) is 1. The number of ether oxygens (including phenoxy) is 1. The molecule has 0 spiro atoms. The fourth-order valence-corrected chi connectivity index (χ4v) is 4.26. The quantitative estimate of drug-likeness (QED) is 0.751. The highest BCUT2D eigenvalue weighted by molar-refractivity contribution is 7.92. The van der Waals surface area contributed by atoms with E-state index in [2.05, 4.69) is 5.32 Å². The van der Waals surface area contributed by atoms with Crippen molar-refractivity contribution in [3.8, 4) is 5.75 Å². The summed E-state index contributed by atoms with van der Waals surface area (Å²) in [7, 11) is -2.07. The Hall–Kier alpha value is -2.54. The minimum absolute atomic E-state index is 0.333. The number of hydrogen-bond donors (Lipinski definition) is 1. The molecular formula is C20H26N2O4S. The van der Waals surface area contributed by atoms with Crippen molar-refractivity contribution in [1.82, 2.24) is 5.32 Å². The van der Waals surface area contributed by atoms with Crippen molar-refractivity contribution < 1.29 is 17.9 Å². The normalized spacial score (nSPS) is 13.5. The fourth-order valence-electron chi connectivity index (χ4n) is 3.05. The van der Waals surface area contributed by atoms with Gasteiger partial charge in [-0.25, -0.2) is 8.42 Å². The van der Waals surface area contributed by atoms with Crippen LogP contribution in [-0.4, -0.2) is 33.7 Å². The second kappa shape index (κ2) is 8.90. The van der Waals surface area contributed by atoms with Crippen molar-refractivity contribution in [3.63, 3.8) is 0 Å². The lowest BCUT2D eigenvalue weighted by Gasteiger charge is -2.31. The number of carbonyl (C=O) groups excluding carboxylic acids is 1. The Morgan fingerprint density at radius 1 is 1.11 bits per heavy atom. The van der Waals surface area contributed by atoms with E-state index in [1.165, 1.54) is 4.31 Å². The van der Waals surface area contributed by atoms with Crippen LogP contribution in [0.5, 0.6) is 5.75 Å². The van der Waals surface area contributed by atoms with E-state index in [9.17, 15) is 13.2 Å². The molecule has 1 amide bonds. The molecule has 0 radical (unpaired) electrons. The summed E-state index contributed by atoms with van der Waals surface area (Å²) in [5.41, 5.74) is 1.29. The number of nitrogens with one attached hydrogen (secondary N) is 1. The first-order valence-corrected chi connectivity index (χ1v) is 10.6. The first-order valence-electron chi connectivity index (χ1n) is 8.77. The maximum absolute atomic E-state index is 13.0. The number of benzene rings is 2. The highest BCUT2D eigenvalue weighted by Gasteiger charge is 2.32. The van der Waals surface area contributed by atoms with Crippen molar-refractivity contribution in [2.75, 3.05) is 17.7 Å². The molecule has 0 saturated heterocycles. The van der Waals surface area contributed by atoms with Gasteiger partial charge in [0.2, 0.25) is 15.9 Å². The second-order valence-corrected chi connectivity index (χ2v) is 8.15. The van der Waals surface area contributed by atoms with Gasteiger partial charge >= 0.3 is 0 Å². The van der Waals surface area contributed by atoms with Crippen LogP contribution in [0.15, 0.2) is 54.6 Å². The van der Waals surface area contributed by atoms with E-state index in [0.717, 1.165) is 11.8 Å². The summed E-state index contributed by atoms with van der Waals surface area (Å²) < 4.78 is 31.4. The molecule has 0 aliphatic heterocycles. The third kappa shape index (κ3) is 5.01. The minimum atomic E-state index is -3.64. The van der Waals surface area contributed by atoms with Gasteiger partial charge in [0, 0.05) is 5.56 Å². The third-order valence-corrected chi connectivity index (χ3v) is 5.48. The van der Waals surface area contributed by atoms with Crippen molar-refractivity contribution >= 4 is 21.6 Å². The average Bonchev–Trinajstić information content (AvgIpc) is 2.65. The zero-order valence-corrected chi connectivity index (χ0v) is 16.9. The summed E-state index contributed by atoms with van der Waals surface area (Å²) in [6, 6.07) is 14.9. The fraction of sp³-hybridized carbons (Fsp3) is 0.350. The largest absolute Gasteiger partial charge is 0.496 e. The number of anilines is 1. The highest BCUT2D eigenvalue weighted by atomic mass is 32.2. The van der Waals surface area contributed by atoms with Gasteiger partial charge in [0.05, 0.1) is 25.1 Å². The van der Waals surface area contributed by atoms with Gasteiger partial charge in [-0.15, -0.1) is 0 Å². The molecule has 0 aliphatic rings. The van der Waals surface area contributed by atoms with Crippen LogP contribution in [-0.2, 0) is 14.8 Å². The molecule has 6 nitrogen and oxygen atoms in total. The van der Waals surface area contributed by atoms with Crippen molar-refractivity contribution in [2.45, 2.75) is 32.4 Å². The van der Waals surface area contributed by atoms with Gasteiger partial charge in [-0.3, -0.25) is 9.10 Å². The lowest BCUT2D eigenvalue weighted by molar-refractivity contribution is -0.122. The Kier molecular flexibility index (Phi) is 6.85. The summed E-state index contributed by atoms with van der Waals surface area (Å²) in [6.45, 7) is 3.63. The molecule has 0 unspecified atom stereocenters. The van der Waals surface area contributed by atoms with Crippen LogP contribution in [0, 0.1) is 0 Å². The van der Waals surface area contributed by atoms with E-state index < -0.39 is 16.1 Å². The van der Waals surface area contributed by atoms with Gasteiger partial charge in [0.25, 0.3) is 0 Å². The summed E-state index contributed by atoms with van der Waals surface area (Å²) in [4.78, 5) is 13.0. The second-order valence-electron chi connectivity index (χ2n) is 6.29. The molecule has 0 heterocycles. The molecule has 0 saturated carbocycles. The first-order chi connectivity index (χ1) is 12.8. The summed E-state index contributed by atoms with van der Waals surface area (Å²) in [5.74, 6) is 0.312. The van der Waals surface area contributed by atoms with Crippen molar-refractivity contribution in [2.24, 2.45) is 0 Å². The molecule has 2 atom stereocenters. The van der Waals surface area contributed by atoms with Crippen molar-refractivity contribution in [3.05, 3.63) is 60.2 Å². The standard InChI is InChI=1S/C20H26N2O4S/c1-5-18(22(27(4,24)25)16-11-7-6-8-12-16)20(23)21-15(2)17-13-9-10-14-19(17)26-3/h6-15,18H,5H2,1-4H3,(H,21,23)/t15-,18-/m1/s1. The van der Waals surface area contributed by atoms with E-state index >= 15 is 0 Å². The number of sulfonamides is 1. The topological polar surface area (TPSA) is 75.7 Å². The Balaban J connectivity index is 2.30. The van der Waals surface area contributed by atoms with Crippen LogP contribution >= 0.6 is 0 Å². The monoisotopic (exact) mass is 390 g/mol. The van der Waals surface area contributed by atoms with Crippen LogP contribution in [0.3, 0.4) is 0 Å². The van der Waals surface area contributed by atoms with E-state index in [1.807, 2.05) is 31.2 Å². The van der Waals surface area contributed by atoms with E-state index in [4.69, 9.17) is 4.74 Å². The van der Waals surface area contributed by atoms with Gasteiger partial charge in [-0.2, -0.15) is 0 Å². The highest BCUT2D eigenvalue weighted by Crippen LogP contribution is 2.26. The SMILES string of the molecule is CC[C@H](C(=O)N[C@H](C)c1ccccc1OC)N(c1ccccc1)S(C)(=O)=O. The molecule has 2 aromatic rings. The van der Waals surface area contributed by atoms with Crippen LogP contribution in [0.4, 0.5) is 5.69 Å². The third-order valence-electron chi connectivity index (χ3n) is 4.30. The predicted molar refractivity (Wildman–Crippen MR) is 107 cm³/mol. The van der Waals surface area contributed by atoms with Gasteiger partial charge in [-0.1, -0.05) is 43.3 Å². The molecule has 2 aromatic carbocycles. The van der Waals surface area contributed by atoms with Gasteiger partial charge < -0.3 is 10.1 Å². The molecule has 27 heavy (non-hydrogen) atoms. The zero-order chi connectivity index (χ0) is 20.0. The molecule has 0 fully saturated rings. The van der Waals surface area contributed by atoms with Crippen LogP contribution < -0.4 is 14.4 Å². The maximum atomic E-state index is 13.0. The molecule has 0 bridgehead atoms. The molecule has 2 rings (SSSR count). The van der Waals surface area contributed by atoms with Gasteiger partial charge in [0.1, 0.15) is 11.8 Å². The lowest BCUT2D eigenvalue weighted by Crippen LogP contribution is -2.49. The average molecular weight is 391 g/mol. The summed E-state index contributed by atoms with van der Waals surface area (Å²) in [5, 5.41) is 2.92. The van der Waals surface area contributed by atoms with Crippen LogP contribution in [0.25, 0.3) is 0 Å². The number of para-hydroxylation sites is 2. The van der Waals surface area contributed by atoms with Crippen LogP contribution in [0.1, 0.15) is 31.9 Å². The first kappa shape index (κ1) is 20.8. The zero-order valence-electron chi connectivity index (χ0n) is 16.0. The van der Waals surface area contributed by atoms with E-state index in [-0.39, 0.29) is 11.9 Å². The predicted octanol–water partition coefficient (Wildman–Crippen LogP) is 3.12. The number of amides is 1. The number of carbonyl (C=O) groups is 1. The molecule has 7 heteroatoms. The Labute approximate surface area is 161 Å². The Morgan fingerprint density at radius 2 is 1.70 bits per heavy atom. The van der Waals surface area contributed by atoms with Crippen molar-refractivity contribution in [1.29, 1.82) is 0 Å². The Bertz CT molecular complexity index is 869. The molecule has 0 aromatic heterocycles. The summed E-state index contributed by atoms with van der Waals surface area (Å²) >= 11 is 0. The molecule has 146 valence electrons. The van der Waals surface area contributed by atoms with E-state index in [0.29, 0.717) is 17.9 Å². The van der Waals surface area contributed by atoms with Gasteiger partial charge in [0.15, 0.2) is 0 Å². The number of methoxy groups -OCH3 is 1. The molecule has 0 aliphatic carbocycles. The molecule has 1 N–H and O–H groups in total. The minimum Gasteiger partial charge on any atom is -0.496 e. The van der Waals surface area contributed by atoms with E-state index in [1.54, 1.807) is 44.4 Å². The number of rotatable bonds is 8. The maximum Gasteiger partial charge on any atom is 0.244 e. The molecular weight excluding hydrogens is 364 g/mol. The van der Waals surface area contributed by atoms with Gasteiger partial charge in [-0.05, 0) is 31.5 Å². The Morgan fingerprint density at radius 3 is 2.26 bits per heavy atom. The smallest absolute Gasteiger partial charge is 0.244 e. The summed E-state index contributed by atoms with van der Waals surface area (Å²) in [6.07, 6.45) is 1.45. The van der Waals surface area contributed by atoms with Crippen LogP contribution in [0.2, 0.25) is 0 Å².